The number of anilines is 1. The lowest BCUT2D eigenvalue weighted by Gasteiger charge is -2.31. The van der Waals surface area contributed by atoms with Crippen molar-refractivity contribution in [2.24, 2.45) is 0 Å². The fourth-order valence-electron chi connectivity index (χ4n) is 2.56. The first-order valence-electron chi connectivity index (χ1n) is 6.00. The maximum Gasteiger partial charge on any atom is 0.193 e. The summed E-state index contributed by atoms with van der Waals surface area (Å²) >= 11 is 0. The molecule has 2 aliphatic rings. The van der Waals surface area contributed by atoms with Crippen molar-refractivity contribution in [3.8, 4) is 0 Å². The van der Waals surface area contributed by atoms with Gasteiger partial charge in [0.25, 0.3) is 0 Å². The molecule has 1 aromatic carbocycles. The van der Waals surface area contributed by atoms with E-state index in [1.54, 1.807) is 6.92 Å². The molecule has 0 aromatic heterocycles. The molecular formula is C15H13NO2. The molecule has 1 heterocycles. The second-order valence-electron chi connectivity index (χ2n) is 4.56. The quantitative estimate of drug-likeness (QED) is 0.819. The number of nitrogens with one attached hydrogen (secondary N) is 1. The normalized spacial score (nSPS) is 21.2. The highest BCUT2D eigenvalue weighted by atomic mass is 16.1. The summed E-state index contributed by atoms with van der Waals surface area (Å²) in [6, 6.07) is 7.14. The summed E-state index contributed by atoms with van der Waals surface area (Å²) in [7, 11) is 0. The highest BCUT2D eigenvalue weighted by Crippen LogP contribution is 2.33. The van der Waals surface area contributed by atoms with Crippen molar-refractivity contribution in [2.45, 2.75) is 19.4 Å². The maximum atomic E-state index is 12.4. The minimum absolute atomic E-state index is 0.0188. The van der Waals surface area contributed by atoms with Gasteiger partial charge >= 0.3 is 0 Å². The third-order valence-corrected chi connectivity index (χ3v) is 3.44. The van der Waals surface area contributed by atoms with Gasteiger partial charge in [0.1, 0.15) is 0 Å². The molecule has 0 saturated carbocycles. The molecule has 3 rings (SSSR count). The lowest BCUT2D eigenvalue weighted by atomic mass is 9.82. The molecule has 1 aliphatic carbocycles. The van der Waals surface area contributed by atoms with Crippen molar-refractivity contribution >= 4 is 17.3 Å². The molecule has 90 valence electrons. The molecule has 1 atom stereocenters. The second-order valence-corrected chi connectivity index (χ2v) is 4.56. The van der Waals surface area contributed by atoms with Crippen LogP contribution in [0.2, 0.25) is 0 Å². The van der Waals surface area contributed by atoms with E-state index in [4.69, 9.17) is 0 Å². The smallest absolute Gasteiger partial charge is 0.193 e. The van der Waals surface area contributed by atoms with E-state index in [9.17, 15) is 9.59 Å². The number of fused-ring (bicyclic) bond motifs is 2. The Morgan fingerprint density at radius 2 is 2.06 bits per heavy atom. The molecule has 3 nitrogen and oxygen atoms in total. The fraction of sp³-hybridized carbons (Fsp3) is 0.200. The molecule has 18 heavy (non-hydrogen) atoms. The zero-order valence-electron chi connectivity index (χ0n) is 10.1. The fourth-order valence-corrected chi connectivity index (χ4v) is 2.56. The van der Waals surface area contributed by atoms with E-state index in [-0.39, 0.29) is 17.6 Å². The predicted molar refractivity (Wildman–Crippen MR) is 69.6 cm³/mol. The number of Topliss-reactive ketones (excluding diaryl/α,β-unsaturated/α-hetero) is 2. The summed E-state index contributed by atoms with van der Waals surface area (Å²) in [4.78, 5) is 24.0. The summed E-state index contributed by atoms with van der Waals surface area (Å²) in [5, 5.41) is 3.28. The molecule has 0 spiro atoms. The van der Waals surface area contributed by atoms with Gasteiger partial charge in [0, 0.05) is 22.4 Å². The minimum Gasteiger partial charge on any atom is -0.373 e. The summed E-state index contributed by atoms with van der Waals surface area (Å²) in [5.74, 6) is 0.0477. The van der Waals surface area contributed by atoms with Gasteiger partial charge in [-0.3, -0.25) is 9.59 Å². The first-order chi connectivity index (χ1) is 8.68. The average molecular weight is 239 g/mol. The number of hydrogen-bond donors (Lipinski definition) is 1. The predicted octanol–water partition coefficient (Wildman–Crippen LogP) is 2.51. The van der Waals surface area contributed by atoms with Gasteiger partial charge < -0.3 is 5.32 Å². The van der Waals surface area contributed by atoms with Crippen LogP contribution in [0.1, 0.15) is 23.7 Å². The Kier molecular flexibility index (Phi) is 2.40. The zero-order valence-corrected chi connectivity index (χ0v) is 10.1. The lowest BCUT2D eigenvalue weighted by Crippen LogP contribution is -2.37. The topological polar surface area (TPSA) is 46.2 Å². The molecular weight excluding hydrogens is 226 g/mol. The number of para-hydroxylation sites is 1. The molecule has 0 bridgehead atoms. The van der Waals surface area contributed by atoms with Crippen LogP contribution in [0.4, 0.5) is 5.69 Å². The van der Waals surface area contributed by atoms with E-state index < -0.39 is 0 Å². The standard InChI is InChI=1S/C15H13NO2/c1-9(17)10-6-4-7-12-14(10)16-13-8-3-2-5-11(13)15(12)18/h2-3,5-8,14,16H,4H2,1H3. The van der Waals surface area contributed by atoms with Gasteiger partial charge in [0.05, 0.1) is 6.04 Å². The molecule has 1 aromatic rings. The SMILES string of the molecule is CC(=O)C1=CCC=C2C(=O)c3ccccc3NC12. The summed E-state index contributed by atoms with van der Waals surface area (Å²) in [5.41, 5.74) is 2.88. The summed E-state index contributed by atoms with van der Waals surface area (Å²) in [6.07, 6.45) is 4.45. The van der Waals surface area contributed by atoms with Gasteiger partial charge in [-0.05, 0) is 25.5 Å². The molecule has 1 unspecified atom stereocenters. The van der Waals surface area contributed by atoms with E-state index in [0.717, 1.165) is 5.69 Å². The second kappa shape index (κ2) is 3.95. The number of benzene rings is 1. The Bertz CT molecular complexity index is 611. The zero-order chi connectivity index (χ0) is 12.7. The number of rotatable bonds is 1. The Morgan fingerprint density at radius 3 is 2.83 bits per heavy atom. The van der Waals surface area contributed by atoms with Crippen LogP contribution in [0.15, 0.2) is 47.6 Å². The monoisotopic (exact) mass is 239 g/mol. The van der Waals surface area contributed by atoms with Gasteiger partial charge in [0.2, 0.25) is 0 Å². The Morgan fingerprint density at radius 1 is 1.28 bits per heavy atom. The van der Waals surface area contributed by atoms with E-state index in [1.165, 1.54) is 0 Å². The Hall–Kier alpha value is -2.16. The Labute approximate surface area is 105 Å². The van der Waals surface area contributed by atoms with E-state index in [1.807, 2.05) is 36.4 Å². The van der Waals surface area contributed by atoms with Crippen LogP contribution in [0.5, 0.6) is 0 Å². The highest BCUT2D eigenvalue weighted by molar-refractivity contribution is 6.17. The average Bonchev–Trinajstić information content (AvgIpc) is 2.38. The Balaban J connectivity index is 2.11. The van der Waals surface area contributed by atoms with Crippen molar-refractivity contribution in [1.82, 2.24) is 0 Å². The molecule has 0 amide bonds. The summed E-state index contributed by atoms with van der Waals surface area (Å²) in [6.45, 7) is 1.54. The molecule has 3 heteroatoms. The van der Waals surface area contributed by atoms with Gasteiger partial charge in [-0.2, -0.15) is 0 Å². The van der Waals surface area contributed by atoms with Crippen molar-refractivity contribution in [2.75, 3.05) is 5.32 Å². The van der Waals surface area contributed by atoms with Crippen LogP contribution in [0.25, 0.3) is 0 Å². The van der Waals surface area contributed by atoms with E-state index in [0.29, 0.717) is 23.1 Å². The first kappa shape index (κ1) is 11.0. The number of hydrogen-bond acceptors (Lipinski definition) is 3. The van der Waals surface area contributed by atoms with Crippen molar-refractivity contribution in [3.05, 3.63) is 53.1 Å². The van der Waals surface area contributed by atoms with Crippen molar-refractivity contribution in [3.63, 3.8) is 0 Å². The molecule has 1 aliphatic heterocycles. The van der Waals surface area contributed by atoms with Gasteiger partial charge in [-0.25, -0.2) is 0 Å². The van der Waals surface area contributed by atoms with Crippen molar-refractivity contribution in [1.29, 1.82) is 0 Å². The summed E-state index contributed by atoms with van der Waals surface area (Å²) < 4.78 is 0. The maximum absolute atomic E-state index is 12.4. The van der Waals surface area contributed by atoms with Crippen LogP contribution in [-0.4, -0.2) is 17.6 Å². The van der Waals surface area contributed by atoms with Crippen LogP contribution in [0, 0.1) is 0 Å². The van der Waals surface area contributed by atoms with E-state index in [2.05, 4.69) is 5.32 Å². The van der Waals surface area contributed by atoms with Gasteiger partial charge in [-0.1, -0.05) is 24.3 Å². The van der Waals surface area contributed by atoms with E-state index >= 15 is 0 Å². The van der Waals surface area contributed by atoms with Gasteiger partial charge in [0.15, 0.2) is 11.6 Å². The van der Waals surface area contributed by atoms with Crippen LogP contribution < -0.4 is 5.32 Å². The van der Waals surface area contributed by atoms with Crippen LogP contribution in [0.3, 0.4) is 0 Å². The van der Waals surface area contributed by atoms with Gasteiger partial charge in [-0.15, -0.1) is 0 Å². The molecule has 0 fully saturated rings. The lowest BCUT2D eigenvalue weighted by molar-refractivity contribution is -0.113. The van der Waals surface area contributed by atoms with Crippen molar-refractivity contribution < 1.29 is 9.59 Å². The number of ketones is 2. The third-order valence-electron chi connectivity index (χ3n) is 3.44. The minimum atomic E-state index is -0.279. The highest BCUT2D eigenvalue weighted by Gasteiger charge is 2.34. The number of allylic oxidation sites excluding steroid dienone is 2. The molecule has 0 saturated heterocycles. The van der Waals surface area contributed by atoms with Crippen LogP contribution in [-0.2, 0) is 4.79 Å². The third kappa shape index (κ3) is 1.51. The molecule has 1 N–H and O–H groups in total. The number of carbonyl (C=O) groups excluding carboxylic acids is 2. The van der Waals surface area contributed by atoms with Crippen LogP contribution >= 0.6 is 0 Å². The first-order valence-corrected chi connectivity index (χ1v) is 6.00. The number of carbonyl (C=O) groups is 2. The largest absolute Gasteiger partial charge is 0.373 e. The molecule has 0 radical (unpaired) electrons.